The molecule has 2 nitrogen and oxygen atoms in total. The Morgan fingerprint density at radius 1 is 0.529 bits per heavy atom. The van der Waals surface area contributed by atoms with Crippen molar-refractivity contribution in [3.63, 3.8) is 0 Å². The molecule has 4 rings (SSSR count). The van der Waals surface area contributed by atoms with Crippen LogP contribution in [0.25, 0.3) is 0 Å². The van der Waals surface area contributed by atoms with Gasteiger partial charge in [-0.2, -0.15) is 0 Å². The number of para-hydroxylation sites is 2. The molecule has 34 heavy (non-hydrogen) atoms. The van der Waals surface area contributed by atoms with Crippen LogP contribution in [-0.2, 0) is 12.3 Å². The Morgan fingerprint density at radius 3 is 1.26 bits per heavy atom. The van der Waals surface area contributed by atoms with E-state index in [-0.39, 0.29) is 0 Å². The van der Waals surface area contributed by atoms with Gasteiger partial charge in [-0.3, -0.25) is 0 Å². The van der Waals surface area contributed by atoms with E-state index in [1.165, 1.54) is 21.7 Å². The van der Waals surface area contributed by atoms with Gasteiger partial charge in [0.25, 0.3) is 0 Å². The lowest BCUT2D eigenvalue weighted by molar-refractivity contribution is 0.411. The Morgan fingerprint density at radius 2 is 0.882 bits per heavy atom. The van der Waals surface area contributed by atoms with Crippen molar-refractivity contribution in [3.05, 3.63) is 120 Å². The second-order valence-corrected chi connectivity index (χ2v) is 13.7. The maximum Gasteiger partial charge on any atom is 0.122 e. The summed E-state index contributed by atoms with van der Waals surface area (Å²) < 4.78 is 11.5. The molecule has 4 aromatic carbocycles. The molecule has 4 heteroatoms. The highest BCUT2D eigenvalue weighted by Gasteiger charge is 2.29. The van der Waals surface area contributed by atoms with Gasteiger partial charge in [-0.25, -0.2) is 0 Å². The minimum Gasteiger partial charge on any atom is -0.496 e. The van der Waals surface area contributed by atoms with Gasteiger partial charge >= 0.3 is 0 Å². The third-order valence-corrected chi connectivity index (χ3v) is 12.9. The summed E-state index contributed by atoms with van der Waals surface area (Å²) in [5, 5.41) is 3.39. The molecule has 0 saturated heterocycles. The van der Waals surface area contributed by atoms with Crippen LogP contribution in [0.3, 0.4) is 0 Å². The smallest absolute Gasteiger partial charge is 0.122 e. The molecule has 0 aliphatic heterocycles. The minimum atomic E-state index is -0.480. The zero-order valence-electron chi connectivity index (χ0n) is 20.1. The molecule has 0 fully saturated rings. The molecule has 0 aromatic heterocycles. The predicted molar refractivity (Wildman–Crippen MR) is 149 cm³/mol. The number of methoxy groups -OCH3 is 2. The topological polar surface area (TPSA) is 18.5 Å². The monoisotopic (exact) mass is 486 g/mol. The van der Waals surface area contributed by atoms with Crippen molar-refractivity contribution in [2.45, 2.75) is 24.6 Å². The minimum absolute atomic E-state index is 0.480. The molecule has 4 aromatic rings. The van der Waals surface area contributed by atoms with Crippen LogP contribution in [0.1, 0.15) is 18.1 Å². The van der Waals surface area contributed by atoms with Crippen molar-refractivity contribution in [3.8, 4) is 11.5 Å². The molecule has 0 aliphatic carbocycles. The second-order valence-electron chi connectivity index (χ2n) is 8.18. The summed E-state index contributed by atoms with van der Waals surface area (Å²) in [6, 6.07) is 39.1. The molecular formula is C30H32O2P2. The van der Waals surface area contributed by atoms with E-state index in [2.05, 4.69) is 116 Å². The molecule has 0 radical (unpaired) electrons. The molecule has 2 atom stereocenters. The zero-order chi connectivity index (χ0) is 23.8. The zero-order valence-corrected chi connectivity index (χ0v) is 21.9. The molecule has 0 N–H and O–H groups in total. The number of benzene rings is 4. The van der Waals surface area contributed by atoms with Crippen LogP contribution in [0.15, 0.2) is 109 Å². The first kappa shape index (κ1) is 24.5. The van der Waals surface area contributed by atoms with Crippen molar-refractivity contribution in [2.75, 3.05) is 14.2 Å². The normalized spacial score (nSPS) is 13.6. The second kappa shape index (κ2) is 12.2. The average molecular weight is 487 g/mol. The van der Waals surface area contributed by atoms with Gasteiger partial charge in [-0.05, 0) is 33.9 Å². The van der Waals surface area contributed by atoms with Crippen LogP contribution in [0.2, 0.25) is 0 Å². The van der Waals surface area contributed by atoms with Crippen molar-refractivity contribution in [2.24, 2.45) is 0 Å². The van der Waals surface area contributed by atoms with E-state index in [1.54, 1.807) is 14.2 Å². The summed E-state index contributed by atoms with van der Waals surface area (Å²) in [5.41, 5.74) is 2.57. The molecule has 0 aliphatic rings. The highest BCUT2D eigenvalue weighted by molar-refractivity contribution is 7.82. The van der Waals surface area contributed by atoms with Gasteiger partial charge in [0.15, 0.2) is 0 Å². The van der Waals surface area contributed by atoms with E-state index in [9.17, 15) is 0 Å². The molecule has 0 saturated carbocycles. The maximum atomic E-state index is 5.73. The Labute approximate surface area is 206 Å². The Balaban J connectivity index is 1.75. The van der Waals surface area contributed by atoms with Crippen molar-refractivity contribution in [1.82, 2.24) is 0 Å². The summed E-state index contributed by atoms with van der Waals surface area (Å²) in [7, 11) is 2.58. The van der Waals surface area contributed by atoms with E-state index in [4.69, 9.17) is 9.47 Å². The van der Waals surface area contributed by atoms with E-state index in [0.717, 1.165) is 23.8 Å². The molecule has 0 heterocycles. The third kappa shape index (κ3) is 5.87. The fraction of sp³-hybridized carbons (Fsp3) is 0.200. The molecule has 174 valence electrons. The van der Waals surface area contributed by atoms with Gasteiger partial charge in [0.1, 0.15) is 11.5 Å². The predicted octanol–water partition coefficient (Wildman–Crippen LogP) is 7.36. The van der Waals surface area contributed by atoms with Crippen molar-refractivity contribution in [1.29, 1.82) is 0 Å². The quantitative estimate of drug-likeness (QED) is 0.218. The van der Waals surface area contributed by atoms with Crippen LogP contribution >= 0.6 is 15.8 Å². The lowest BCUT2D eigenvalue weighted by Crippen LogP contribution is -2.17. The Kier molecular flexibility index (Phi) is 8.75. The fourth-order valence-electron chi connectivity index (χ4n) is 4.32. The van der Waals surface area contributed by atoms with E-state index < -0.39 is 15.8 Å². The van der Waals surface area contributed by atoms with Gasteiger partial charge in [0.05, 0.1) is 14.2 Å². The van der Waals surface area contributed by atoms with Crippen molar-refractivity contribution >= 4 is 26.5 Å². The maximum absolute atomic E-state index is 5.73. The lowest BCUT2D eigenvalue weighted by atomic mass is 10.2. The van der Waals surface area contributed by atoms with Crippen LogP contribution in [0, 0.1) is 0 Å². The van der Waals surface area contributed by atoms with Crippen molar-refractivity contribution < 1.29 is 9.47 Å². The Hall–Kier alpha value is -2.66. The largest absolute Gasteiger partial charge is 0.496 e. The summed E-state index contributed by atoms with van der Waals surface area (Å²) in [6.07, 6.45) is 2.00. The number of rotatable bonds is 10. The summed E-state index contributed by atoms with van der Waals surface area (Å²) in [6.45, 7) is 2.46. The first-order valence-corrected chi connectivity index (χ1v) is 14.8. The van der Waals surface area contributed by atoms with Crippen LogP contribution in [0.4, 0.5) is 0 Å². The van der Waals surface area contributed by atoms with E-state index in [1.807, 2.05) is 0 Å². The van der Waals surface area contributed by atoms with Crippen LogP contribution < -0.4 is 20.1 Å². The van der Waals surface area contributed by atoms with E-state index >= 15 is 0 Å². The first-order valence-electron chi connectivity index (χ1n) is 11.6. The summed E-state index contributed by atoms with van der Waals surface area (Å²) in [4.78, 5) is 0. The lowest BCUT2D eigenvalue weighted by Gasteiger charge is -2.33. The highest BCUT2D eigenvalue weighted by atomic mass is 31.2. The SMILES string of the molecule is COc1ccccc1CP(c1ccccc1)C(C)P(Cc1ccccc1OC)c1ccccc1. The van der Waals surface area contributed by atoms with Gasteiger partial charge in [-0.1, -0.05) is 120 Å². The van der Waals surface area contributed by atoms with Gasteiger partial charge < -0.3 is 9.47 Å². The number of hydrogen-bond acceptors (Lipinski definition) is 2. The fourth-order valence-corrected chi connectivity index (χ4v) is 11.1. The number of hydrogen-bond donors (Lipinski definition) is 0. The molecule has 0 spiro atoms. The summed E-state index contributed by atoms with van der Waals surface area (Å²) in [5.74, 6) is 1.96. The first-order chi connectivity index (χ1) is 16.7. The molecule has 2 unspecified atom stereocenters. The summed E-state index contributed by atoms with van der Waals surface area (Å²) >= 11 is 0. The standard InChI is InChI=1S/C30H32O2P2/c1-24(33(27-16-6-4-7-17-27)22-25-14-10-12-20-29(25)31-2)34(28-18-8-5-9-19-28)23-26-15-11-13-21-30(26)32-3/h4-21,24H,22-23H2,1-3H3. The number of ether oxygens (including phenoxy) is 2. The van der Waals surface area contributed by atoms with Gasteiger partial charge in [0, 0.05) is 17.7 Å². The molecular weight excluding hydrogens is 454 g/mol. The van der Waals surface area contributed by atoms with Gasteiger partial charge in [0.2, 0.25) is 0 Å². The molecule has 0 bridgehead atoms. The van der Waals surface area contributed by atoms with Gasteiger partial charge in [-0.15, -0.1) is 0 Å². The van der Waals surface area contributed by atoms with Crippen LogP contribution in [-0.4, -0.2) is 19.6 Å². The molecule has 0 amide bonds. The third-order valence-electron chi connectivity index (χ3n) is 6.14. The Bertz CT molecular complexity index is 1070. The average Bonchev–Trinajstić information content (AvgIpc) is 2.91. The van der Waals surface area contributed by atoms with Crippen LogP contribution in [0.5, 0.6) is 11.5 Å². The highest BCUT2D eigenvalue weighted by Crippen LogP contribution is 2.60. The van der Waals surface area contributed by atoms with E-state index in [0.29, 0.717) is 5.40 Å².